The molecule has 4 nitrogen and oxygen atoms in total. The highest BCUT2D eigenvalue weighted by atomic mass is 15.3. The lowest BCUT2D eigenvalue weighted by atomic mass is 10.0. The monoisotopic (exact) mass is 274 g/mol. The van der Waals surface area contributed by atoms with Crippen molar-refractivity contribution in [1.82, 2.24) is 20.1 Å². The van der Waals surface area contributed by atoms with Gasteiger partial charge in [0.25, 0.3) is 0 Å². The topological polar surface area (TPSA) is 31.4 Å². The van der Waals surface area contributed by atoms with Crippen LogP contribution in [0.5, 0.6) is 0 Å². The second kappa shape index (κ2) is 7.16. The molecule has 4 heteroatoms. The van der Waals surface area contributed by atoms with Crippen LogP contribution >= 0.6 is 0 Å². The normalized spacial score (nSPS) is 23.6. The number of piperazine rings is 1. The zero-order valence-corrected chi connectivity index (χ0v) is 12.3. The van der Waals surface area contributed by atoms with Gasteiger partial charge in [-0.1, -0.05) is 12.5 Å². The first-order chi connectivity index (χ1) is 9.93. The smallest absolute Gasteiger partial charge is 0.0491 e. The number of hydrogen-bond donors (Lipinski definition) is 1. The lowest BCUT2D eigenvalue weighted by Gasteiger charge is -2.39. The van der Waals surface area contributed by atoms with Crippen LogP contribution in [0.15, 0.2) is 24.5 Å². The van der Waals surface area contributed by atoms with E-state index in [0.717, 1.165) is 32.7 Å². The van der Waals surface area contributed by atoms with Crippen molar-refractivity contribution in [2.24, 2.45) is 0 Å². The molecule has 2 aliphatic rings. The highest BCUT2D eigenvalue weighted by Gasteiger charge is 2.25. The average molecular weight is 274 g/mol. The van der Waals surface area contributed by atoms with Crippen LogP contribution in [0.2, 0.25) is 0 Å². The Kier molecular flexibility index (Phi) is 5.01. The van der Waals surface area contributed by atoms with Crippen LogP contribution < -0.4 is 5.32 Å². The van der Waals surface area contributed by atoms with Gasteiger partial charge in [0, 0.05) is 51.2 Å². The zero-order valence-electron chi connectivity index (χ0n) is 12.3. The SMILES string of the molecule is c1cncc(C(CN2CCCCC2)N2CCNCC2)c1. The second-order valence-electron chi connectivity index (χ2n) is 5.95. The lowest BCUT2D eigenvalue weighted by Crippen LogP contribution is -2.48. The summed E-state index contributed by atoms with van der Waals surface area (Å²) in [5.74, 6) is 0. The maximum atomic E-state index is 4.33. The molecule has 1 aromatic heterocycles. The fraction of sp³-hybridized carbons (Fsp3) is 0.688. The molecule has 0 saturated carbocycles. The van der Waals surface area contributed by atoms with Gasteiger partial charge in [0.05, 0.1) is 0 Å². The summed E-state index contributed by atoms with van der Waals surface area (Å²) >= 11 is 0. The minimum absolute atomic E-state index is 0.504. The molecule has 3 heterocycles. The van der Waals surface area contributed by atoms with Crippen molar-refractivity contribution in [1.29, 1.82) is 0 Å². The van der Waals surface area contributed by atoms with E-state index in [1.165, 1.54) is 37.9 Å². The number of piperidine rings is 1. The van der Waals surface area contributed by atoms with Gasteiger partial charge in [-0.25, -0.2) is 0 Å². The van der Waals surface area contributed by atoms with Crippen molar-refractivity contribution in [3.05, 3.63) is 30.1 Å². The summed E-state index contributed by atoms with van der Waals surface area (Å²) in [5.41, 5.74) is 1.37. The molecule has 3 rings (SSSR count). The molecule has 0 spiro atoms. The van der Waals surface area contributed by atoms with Gasteiger partial charge in [0.2, 0.25) is 0 Å². The molecule has 1 unspecified atom stereocenters. The highest BCUT2D eigenvalue weighted by molar-refractivity contribution is 5.15. The predicted molar refractivity (Wildman–Crippen MR) is 81.7 cm³/mol. The Morgan fingerprint density at radius 3 is 2.60 bits per heavy atom. The first-order valence-electron chi connectivity index (χ1n) is 8.00. The third-order valence-corrected chi connectivity index (χ3v) is 4.54. The number of pyridine rings is 1. The van der Waals surface area contributed by atoms with Crippen LogP contribution in [0, 0.1) is 0 Å². The number of nitrogens with one attached hydrogen (secondary N) is 1. The van der Waals surface area contributed by atoms with Gasteiger partial charge in [0.1, 0.15) is 0 Å². The van der Waals surface area contributed by atoms with Gasteiger partial charge >= 0.3 is 0 Å². The molecule has 0 aromatic carbocycles. The molecule has 0 radical (unpaired) electrons. The molecule has 1 atom stereocenters. The molecule has 110 valence electrons. The van der Waals surface area contributed by atoms with Crippen molar-refractivity contribution in [2.45, 2.75) is 25.3 Å². The third-order valence-electron chi connectivity index (χ3n) is 4.54. The van der Waals surface area contributed by atoms with E-state index in [0.29, 0.717) is 6.04 Å². The number of hydrogen-bond acceptors (Lipinski definition) is 4. The summed E-state index contributed by atoms with van der Waals surface area (Å²) in [7, 11) is 0. The van der Waals surface area contributed by atoms with Crippen molar-refractivity contribution < 1.29 is 0 Å². The molecule has 1 N–H and O–H groups in total. The number of nitrogens with zero attached hydrogens (tertiary/aromatic N) is 3. The van der Waals surface area contributed by atoms with Gasteiger partial charge in [0.15, 0.2) is 0 Å². The van der Waals surface area contributed by atoms with Crippen LogP contribution in [0.3, 0.4) is 0 Å². The van der Waals surface area contributed by atoms with E-state index in [9.17, 15) is 0 Å². The summed E-state index contributed by atoms with van der Waals surface area (Å²) in [6.07, 6.45) is 8.06. The average Bonchev–Trinajstić information content (AvgIpc) is 2.55. The largest absolute Gasteiger partial charge is 0.314 e. The van der Waals surface area contributed by atoms with E-state index in [-0.39, 0.29) is 0 Å². The molecule has 2 aliphatic heterocycles. The molecule has 2 saturated heterocycles. The fourth-order valence-electron chi connectivity index (χ4n) is 3.39. The maximum absolute atomic E-state index is 4.33. The Labute approximate surface area is 122 Å². The molecular formula is C16H26N4. The van der Waals surface area contributed by atoms with E-state index in [1.54, 1.807) is 0 Å². The Morgan fingerprint density at radius 2 is 1.90 bits per heavy atom. The van der Waals surface area contributed by atoms with E-state index in [2.05, 4.69) is 38.4 Å². The van der Waals surface area contributed by atoms with Gasteiger partial charge in [-0.2, -0.15) is 0 Å². The van der Waals surface area contributed by atoms with Crippen molar-refractivity contribution >= 4 is 0 Å². The van der Waals surface area contributed by atoms with Gasteiger partial charge < -0.3 is 10.2 Å². The molecule has 1 aromatic rings. The summed E-state index contributed by atoms with van der Waals surface area (Å²) in [6.45, 7) is 8.20. The van der Waals surface area contributed by atoms with Gasteiger partial charge in [-0.3, -0.25) is 9.88 Å². The summed E-state index contributed by atoms with van der Waals surface area (Å²) in [4.78, 5) is 9.60. The second-order valence-corrected chi connectivity index (χ2v) is 5.95. The van der Waals surface area contributed by atoms with Crippen LogP contribution in [0.25, 0.3) is 0 Å². The van der Waals surface area contributed by atoms with Crippen molar-refractivity contribution in [3.8, 4) is 0 Å². The zero-order chi connectivity index (χ0) is 13.6. The summed E-state index contributed by atoms with van der Waals surface area (Å²) < 4.78 is 0. The maximum Gasteiger partial charge on any atom is 0.0491 e. The van der Waals surface area contributed by atoms with Crippen molar-refractivity contribution in [2.75, 3.05) is 45.8 Å². The predicted octanol–water partition coefficient (Wildman–Crippen LogP) is 1.51. The lowest BCUT2D eigenvalue weighted by molar-refractivity contribution is 0.113. The van der Waals surface area contributed by atoms with Crippen LogP contribution in [0.4, 0.5) is 0 Å². The quantitative estimate of drug-likeness (QED) is 0.902. The van der Waals surface area contributed by atoms with E-state index >= 15 is 0 Å². The molecule has 0 amide bonds. The van der Waals surface area contributed by atoms with Gasteiger partial charge in [-0.15, -0.1) is 0 Å². The van der Waals surface area contributed by atoms with E-state index in [4.69, 9.17) is 0 Å². The molecule has 2 fully saturated rings. The Hall–Kier alpha value is -0.970. The summed E-state index contributed by atoms with van der Waals surface area (Å²) in [6, 6.07) is 4.81. The van der Waals surface area contributed by atoms with Gasteiger partial charge in [-0.05, 0) is 37.6 Å². The number of aromatic nitrogens is 1. The molecule has 0 bridgehead atoms. The number of rotatable bonds is 4. The van der Waals surface area contributed by atoms with Crippen LogP contribution in [-0.2, 0) is 0 Å². The number of likely N-dealkylation sites (tertiary alicyclic amines) is 1. The fourth-order valence-corrected chi connectivity index (χ4v) is 3.39. The minimum Gasteiger partial charge on any atom is -0.314 e. The molecule has 0 aliphatic carbocycles. The first-order valence-corrected chi connectivity index (χ1v) is 8.00. The first kappa shape index (κ1) is 14.0. The Balaban J connectivity index is 1.72. The van der Waals surface area contributed by atoms with Crippen LogP contribution in [-0.4, -0.2) is 60.6 Å². The van der Waals surface area contributed by atoms with E-state index in [1.807, 2.05) is 6.20 Å². The van der Waals surface area contributed by atoms with Crippen molar-refractivity contribution in [3.63, 3.8) is 0 Å². The highest BCUT2D eigenvalue weighted by Crippen LogP contribution is 2.23. The molecule has 20 heavy (non-hydrogen) atoms. The Bertz CT molecular complexity index is 383. The van der Waals surface area contributed by atoms with Crippen LogP contribution in [0.1, 0.15) is 30.9 Å². The third kappa shape index (κ3) is 3.57. The Morgan fingerprint density at radius 1 is 1.10 bits per heavy atom. The summed E-state index contributed by atoms with van der Waals surface area (Å²) in [5, 5.41) is 3.45. The minimum atomic E-state index is 0.504. The molecular weight excluding hydrogens is 248 g/mol. The van der Waals surface area contributed by atoms with E-state index < -0.39 is 0 Å². The standard InChI is InChI=1S/C16H26N4/c1-2-9-19(10-3-1)14-16(15-5-4-6-18-13-15)20-11-7-17-8-12-20/h4-6,13,16-17H,1-3,7-12,14H2.